The van der Waals surface area contributed by atoms with Crippen molar-refractivity contribution in [1.82, 2.24) is 25.3 Å². The number of carbonyl (C=O) groups is 2. The molecule has 0 atom stereocenters. The number of benzene rings is 1. The molecule has 1 aliphatic heterocycles. The van der Waals surface area contributed by atoms with Gasteiger partial charge in [0.15, 0.2) is 5.82 Å². The van der Waals surface area contributed by atoms with Crippen molar-refractivity contribution in [2.45, 2.75) is 51.9 Å². The van der Waals surface area contributed by atoms with E-state index in [1.165, 1.54) is 0 Å². The molecule has 2 heterocycles. The molecule has 10 heteroatoms. The van der Waals surface area contributed by atoms with E-state index in [-0.39, 0.29) is 24.7 Å². The van der Waals surface area contributed by atoms with Gasteiger partial charge in [-0.3, -0.25) is 4.79 Å². The summed E-state index contributed by atoms with van der Waals surface area (Å²) in [4.78, 5) is 32.5. The fourth-order valence-electron chi connectivity index (χ4n) is 3.41. The standard InChI is InChI=1S/C24H35N5O5/c1-24(2,3)33-23(31)29-13-10-19(11-14-29)32-16-20-26-22(34-27-20)18-8-6-17(7-9-18)21(30)25-12-15-28(4)5/h6-9,19H,10-16H2,1-5H3,(H,25,30). The molecule has 34 heavy (non-hydrogen) atoms. The van der Waals surface area contributed by atoms with Crippen LogP contribution in [0.4, 0.5) is 4.79 Å². The third-order valence-corrected chi connectivity index (χ3v) is 5.25. The Morgan fingerprint density at radius 3 is 2.47 bits per heavy atom. The Morgan fingerprint density at radius 2 is 1.85 bits per heavy atom. The van der Waals surface area contributed by atoms with E-state index in [0.29, 0.717) is 36.9 Å². The van der Waals surface area contributed by atoms with Crippen LogP contribution >= 0.6 is 0 Å². The number of rotatable bonds is 8. The molecule has 0 spiro atoms. The van der Waals surface area contributed by atoms with Gasteiger partial charge in [0.25, 0.3) is 11.8 Å². The molecule has 2 amide bonds. The van der Waals surface area contributed by atoms with Crippen molar-refractivity contribution >= 4 is 12.0 Å². The van der Waals surface area contributed by atoms with Gasteiger partial charge in [-0.1, -0.05) is 5.16 Å². The highest BCUT2D eigenvalue weighted by molar-refractivity contribution is 5.94. The first-order valence-corrected chi connectivity index (χ1v) is 11.6. The SMILES string of the molecule is CN(C)CCNC(=O)c1ccc(-c2nc(COC3CCN(C(=O)OC(C)(C)C)CC3)no2)cc1. The minimum atomic E-state index is -0.501. The summed E-state index contributed by atoms with van der Waals surface area (Å²) in [7, 11) is 3.92. The molecular weight excluding hydrogens is 438 g/mol. The molecule has 1 aromatic carbocycles. The number of carbonyl (C=O) groups excluding carboxylic acids is 2. The number of aromatic nitrogens is 2. The maximum absolute atomic E-state index is 12.2. The van der Waals surface area contributed by atoms with Crippen LogP contribution in [0.25, 0.3) is 11.5 Å². The van der Waals surface area contributed by atoms with Gasteiger partial charge in [-0.2, -0.15) is 4.98 Å². The lowest BCUT2D eigenvalue weighted by molar-refractivity contribution is -0.0190. The van der Waals surface area contributed by atoms with E-state index in [1.54, 1.807) is 29.2 Å². The molecule has 10 nitrogen and oxygen atoms in total. The minimum absolute atomic E-state index is 0.0194. The smallest absolute Gasteiger partial charge is 0.410 e. The van der Waals surface area contributed by atoms with Crippen molar-refractivity contribution in [2.75, 3.05) is 40.3 Å². The molecule has 0 radical (unpaired) electrons. The number of ether oxygens (including phenoxy) is 2. The summed E-state index contributed by atoms with van der Waals surface area (Å²) in [6.07, 6.45) is 1.18. The second-order valence-electron chi connectivity index (χ2n) is 9.63. The fourth-order valence-corrected chi connectivity index (χ4v) is 3.41. The summed E-state index contributed by atoms with van der Waals surface area (Å²) in [5.74, 6) is 0.707. The van der Waals surface area contributed by atoms with Crippen molar-refractivity contribution < 1.29 is 23.6 Å². The third kappa shape index (κ3) is 7.81. The van der Waals surface area contributed by atoms with Crippen LogP contribution in [0.15, 0.2) is 28.8 Å². The van der Waals surface area contributed by atoms with E-state index in [2.05, 4.69) is 15.5 Å². The Balaban J connectivity index is 1.44. The summed E-state index contributed by atoms with van der Waals surface area (Å²) in [5.41, 5.74) is 0.803. The molecule has 1 N–H and O–H groups in total. The van der Waals surface area contributed by atoms with Crippen LogP contribution < -0.4 is 5.32 Å². The fraction of sp³-hybridized carbons (Fsp3) is 0.583. The van der Waals surface area contributed by atoms with Crippen LogP contribution in [0, 0.1) is 0 Å². The molecule has 1 fully saturated rings. The second-order valence-corrected chi connectivity index (χ2v) is 9.63. The Kier molecular flexibility index (Phi) is 8.62. The number of piperidine rings is 1. The maximum atomic E-state index is 12.2. The van der Waals surface area contributed by atoms with E-state index in [0.717, 1.165) is 24.9 Å². The molecule has 186 valence electrons. The van der Waals surface area contributed by atoms with Crippen LogP contribution in [0.3, 0.4) is 0 Å². The second kappa shape index (κ2) is 11.4. The Morgan fingerprint density at radius 1 is 1.18 bits per heavy atom. The molecule has 2 aromatic rings. The first kappa shape index (κ1) is 25.6. The van der Waals surface area contributed by atoms with Crippen molar-refractivity contribution in [2.24, 2.45) is 0 Å². The molecule has 1 saturated heterocycles. The van der Waals surface area contributed by atoms with E-state index < -0.39 is 5.60 Å². The van der Waals surface area contributed by atoms with Crippen LogP contribution in [0.5, 0.6) is 0 Å². The number of nitrogens with one attached hydrogen (secondary N) is 1. The summed E-state index contributed by atoms with van der Waals surface area (Å²) in [6, 6.07) is 7.04. The van der Waals surface area contributed by atoms with E-state index >= 15 is 0 Å². The average molecular weight is 474 g/mol. The molecule has 0 unspecified atom stereocenters. The lowest BCUT2D eigenvalue weighted by Gasteiger charge is -2.33. The monoisotopic (exact) mass is 473 g/mol. The highest BCUT2D eigenvalue weighted by Crippen LogP contribution is 2.20. The van der Waals surface area contributed by atoms with Gasteiger partial charge < -0.3 is 29.1 Å². The summed E-state index contributed by atoms with van der Waals surface area (Å²) in [5, 5.41) is 6.88. The zero-order chi connectivity index (χ0) is 24.7. The van der Waals surface area contributed by atoms with Crippen molar-refractivity contribution in [1.29, 1.82) is 0 Å². The number of hydrogen-bond acceptors (Lipinski definition) is 8. The Hall–Kier alpha value is -2.98. The summed E-state index contributed by atoms with van der Waals surface area (Å²) >= 11 is 0. The number of hydrogen-bond donors (Lipinski definition) is 1. The topological polar surface area (TPSA) is 110 Å². The summed E-state index contributed by atoms with van der Waals surface area (Å²) < 4.78 is 16.7. The number of amides is 2. The lowest BCUT2D eigenvalue weighted by Crippen LogP contribution is -2.43. The first-order chi connectivity index (χ1) is 16.1. The summed E-state index contributed by atoms with van der Waals surface area (Å²) in [6.45, 7) is 8.35. The van der Waals surface area contributed by atoms with Gasteiger partial charge in [-0.15, -0.1) is 0 Å². The Labute approximate surface area is 200 Å². The quantitative estimate of drug-likeness (QED) is 0.623. The molecule has 0 saturated carbocycles. The van der Waals surface area contributed by atoms with Crippen molar-refractivity contribution in [3.05, 3.63) is 35.7 Å². The third-order valence-electron chi connectivity index (χ3n) is 5.25. The molecule has 1 aromatic heterocycles. The van der Waals surface area contributed by atoms with Gasteiger partial charge in [0.1, 0.15) is 12.2 Å². The van der Waals surface area contributed by atoms with Crippen LogP contribution in [-0.2, 0) is 16.1 Å². The predicted octanol–water partition coefficient (Wildman–Crippen LogP) is 2.94. The van der Waals surface area contributed by atoms with Gasteiger partial charge in [0.2, 0.25) is 0 Å². The van der Waals surface area contributed by atoms with Gasteiger partial charge in [0.05, 0.1) is 6.10 Å². The molecular formula is C24H35N5O5. The van der Waals surface area contributed by atoms with Crippen molar-refractivity contribution in [3.63, 3.8) is 0 Å². The van der Waals surface area contributed by atoms with Crippen LogP contribution in [-0.4, -0.2) is 83.9 Å². The average Bonchev–Trinajstić information content (AvgIpc) is 3.26. The largest absolute Gasteiger partial charge is 0.444 e. The van der Waals surface area contributed by atoms with Crippen molar-refractivity contribution in [3.8, 4) is 11.5 Å². The molecule has 3 rings (SSSR count). The molecule has 0 bridgehead atoms. The molecule has 0 aliphatic carbocycles. The number of likely N-dealkylation sites (N-methyl/N-ethyl adjacent to an activating group) is 1. The number of nitrogens with zero attached hydrogens (tertiary/aromatic N) is 4. The highest BCUT2D eigenvalue weighted by atomic mass is 16.6. The van der Waals surface area contributed by atoms with Gasteiger partial charge in [0, 0.05) is 37.3 Å². The Bertz CT molecular complexity index is 943. The van der Waals surface area contributed by atoms with Crippen LogP contribution in [0.1, 0.15) is 49.8 Å². The zero-order valence-corrected chi connectivity index (χ0v) is 20.7. The lowest BCUT2D eigenvalue weighted by atomic mass is 10.1. The van der Waals surface area contributed by atoms with Gasteiger partial charge >= 0.3 is 6.09 Å². The van der Waals surface area contributed by atoms with Crippen LogP contribution in [0.2, 0.25) is 0 Å². The van der Waals surface area contributed by atoms with Gasteiger partial charge in [-0.05, 0) is 72.0 Å². The number of likely N-dealkylation sites (tertiary alicyclic amines) is 1. The van der Waals surface area contributed by atoms with Gasteiger partial charge in [-0.25, -0.2) is 4.79 Å². The minimum Gasteiger partial charge on any atom is -0.444 e. The van der Waals surface area contributed by atoms with E-state index in [9.17, 15) is 9.59 Å². The molecule has 1 aliphatic rings. The predicted molar refractivity (Wildman–Crippen MR) is 126 cm³/mol. The normalized spacial score (nSPS) is 14.9. The highest BCUT2D eigenvalue weighted by Gasteiger charge is 2.27. The maximum Gasteiger partial charge on any atom is 0.410 e. The zero-order valence-electron chi connectivity index (χ0n) is 20.7. The van der Waals surface area contributed by atoms with E-state index in [1.807, 2.05) is 39.8 Å². The first-order valence-electron chi connectivity index (χ1n) is 11.6. The van der Waals surface area contributed by atoms with E-state index in [4.69, 9.17) is 14.0 Å².